The average Bonchev–Trinajstić information content (AvgIpc) is 2.75. The Balaban J connectivity index is 2.14. The normalized spacial score (nSPS) is 10.8. The highest BCUT2D eigenvalue weighted by atomic mass is 32.1. The number of halogens is 1. The topological polar surface area (TPSA) is 75.1 Å². The van der Waals surface area contributed by atoms with Crippen molar-refractivity contribution in [2.45, 2.75) is 20.3 Å². The molecule has 1 aromatic carbocycles. The highest BCUT2D eigenvalue weighted by Crippen LogP contribution is 2.23. The minimum atomic E-state index is -0.783. The van der Waals surface area contributed by atoms with Gasteiger partial charge in [0.15, 0.2) is 0 Å². The van der Waals surface area contributed by atoms with E-state index in [0.29, 0.717) is 5.92 Å². The fourth-order valence-electron chi connectivity index (χ4n) is 1.63. The van der Waals surface area contributed by atoms with Crippen LogP contribution in [0.15, 0.2) is 18.2 Å². The average molecular weight is 295 g/mol. The number of amides is 1. The molecule has 0 fully saturated rings. The van der Waals surface area contributed by atoms with Crippen LogP contribution >= 0.6 is 11.3 Å². The van der Waals surface area contributed by atoms with Crippen molar-refractivity contribution in [1.82, 2.24) is 10.2 Å². The van der Waals surface area contributed by atoms with Gasteiger partial charge in [-0.1, -0.05) is 31.3 Å². The van der Waals surface area contributed by atoms with Crippen LogP contribution in [-0.4, -0.2) is 21.2 Å². The van der Waals surface area contributed by atoms with Crippen molar-refractivity contribution >= 4 is 22.4 Å². The molecule has 106 valence electrons. The summed E-state index contributed by atoms with van der Waals surface area (Å²) in [6.07, 6.45) is 0.762. The van der Waals surface area contributed by atoms with E-state index >= 15 is 0 Å². The van der Waals surface area contributed by atoms with Crippen LogP contribution in [0.3, 0.4) is 0 Å². The van der Waals surface area contributed by atoms with Crippen LogP contribution in [0.5, 0.6) is 5.75 Å². The Bertz CT molecular complexity index is 608. The standard InChI is InChI=1S/C13H14FN3O2S/c1-7(2)6-10-16-17-13(20-10)15-12(19)11-8(14)4-3-5-9(11)18/h3-5,7,18H,6H2,1-2H3,(H,15,17,19). The minimum Gasteiger partial charge on any atom is -0.507 e. The molecule has 1 heterocycles. The number of anilines is 1. The maximum absolute atomic E-state index is 13.5. The highest BCUT2D eigenvalue weighted by molar-refractivity contribution is 7.15. The summed E-state index contributed by atoms with van der Waals surface area (Å²) in [6, 6.07) is 3.69. The van der Waals surface area contributed by atoms with Crippen molar-refractivity contribution in [3.8, 4) is 5.75 Å². The number of benzene rings is 1. The lowest BCUT2D eigenvalue weighted by molar-refractivity contribution is 0.102. The number of aromatic nitrogens is 2. The number of phenolic OH excluding ortho intramolecular Hbond substituents is 1. The first kappa shape index (κ1) is 14.4. The molecule has 0 aliphatic rings. The first-order valence-corrected chi connectivity index (χ1v) is 6.90. The van der Waals surface area contributed by atoms with Crippen LogP contribution in [0.25, 0.3) is 0 Å². The molecule has 0 bridgehead atoms. The number of carbonyl (C=O) groups excluding carboxylic acids is 1. The third-order valence-electron chi connectivity index (χ3n) is 2.49. The molecular weight excluding hydrogens is 281 g/mol. The molecule has 20 heavy (non-hydrogen) atoms. The third-order valence-corrected chi connectivity index (χ3v) is 3.35. The van der Waals surface area contributed by atoms with Crippen molar-refractivity contribution in [3.63, 3.8) is 0 Å². The fourth-order valence-corrected chi connectivity index (χ4v) is 2.58. The number of hydrogen-bond acceptors (Lipinski definition) is 5. The Morgan fingerprint density at radius 3 is 2.85 bits per heavy atom. The number of phenols is 1. The van der Waals surface area contributed by atoms with E-state index in [-0.39, 0.29) is 5.13 Å². The van der Waals surface area contributed by atoms with Crippen LogP contribution in [0.2, 0.25) is 0 Å². The molecule has 1 amide bonds. The van der Waals surface area contributed by atoms with Crippen LogP contribution in [0, 0.1) is 11.7 Å². The van der Waals surface area contributed by atoms with Crippen LogP contribution in [0.1, 0.15) is 29.2 Å². The van der Waals surface area contributed by atoms with E-state index < -0.39 is 23.0 Å². The van der Waals surface area contributed by atoms with Gasteiger partial charge in [0.25, 0.3) is 5.91 Å². The summed E-state index contributed by atoms with van der Waals surface area (Å²) in [7, 11) is 0. The van der Waals surface area contributed by atoms with E-state index in [9.17, 15) is 14.3 Å². The Labute approximate surface area is 119 Å². The summed E-state index contributed by atoms with van der Waals surface area (Å²) < 4.78 is 13.5. The van der Waals surface area contributed by atoms with Crippen LogP contribution < -0.4 is 5.32 Å². The number of rotatable bonds is 4. The lowest BCUT2D eigenvalue weighted by Gasteiger charge is -2.04. The predicted molar refractivity (Wildman–Crippen MR) is 74.5 cm³/mol. The number of nitrogens with one attached hydrogen (secondary N) is 1. The molecule has 2 aromatic rings. The van der Waals surface area contributed by atoms with E-state index in [1.165, 1.54) is 23.5 Å². The molecule has 0 aliphatic carbocycles. The quantitative estimate of drug-likeness (QED) is 0.909. The molecule has 0 atom stereocenters. The summed E-state index contributed by atoms with van der Waals surface area (Å²) in [6.45, 7) is 4.11. The van der Waals surface area contributed by atoms with E-state index in [4.69, 9.17) is 0 Å². The molecule has 0 radical (unpaired) electrons. The molecule has 0 spiro atoms. The highest BCUT2D eigenvalue weighted by Gasteiger charge is 2.18. The van der Waals surface area contributed by atoms with E-state index in [2.05, 4.69) is 29.4 Å². The van der Waals surface area contributed by atoms with E-state index in [1.54, 1.807) is 0 Å². The fraction of sp³-hybridized carbons (Fsp3) is 0.308. The Hall–Kier alpha value is -2.02. The summed E-state index contributed by atoms with van der Waals surface area (Å²) in [4.78, 5) is 11.9. The van der Waals surface area contributed by atoms with Gasteiger partial charge in [0.05, 0.1) is 0 Å². The zero-order chi connectivity index (χ0) is 14.7. The van der Waals surface area contributed by atoms with Crippen molar-refractivity contribution in [1.29, 1.82) is 0 Å². The smallest absolute Gasteiger partial charge is 0.264 e. The number of hydrogen-bond donors (Lipinski definition) is 2. The predicted octanol–water partition coefficient (Wildman–Crippen LogP) is 2.83. The van der Waals surface area contributed by atoms with Gasteiger partial charge in [-0.2, -0.15) is 0 Å². The van der Waals surface area contributed by atoms with Gasteiger partial charge < -0.3 is 5.11 Å². The molecule has 2 rings (SSSR count). The van der Waals surface area contributed by atoms with E-state index in [1.807, 2.05) is 0 Å². The summed E-state index contributed by atoms with van der Waals surface area (Å²) in [5, 5.41) is 20.8. The van der Waals surface area contributed by atoms with Crippen LogP contribution in [-0.2, 0) is 6.42 Å². The van der Waals surface area contributed by atoms with Crippen molar-refractivity contribution in [2.24, 2.45) is 5.92 Å². The van der Waals surface area contributed by atoms with Gasteiger partial charge in [-0.15, -0.1) is 10.2 Å². The van der Waals surface area contributed by atoms with E-state index in [0.717, 1.165) is 17.5 Å². The number of aromatic hydroxyl groups is 1. The van der Waals surface area contributed by atoms with Crippen molar-refractivity contribution < 1.29 is 14.3 Å². The lowest BCUT2D eigenvalue weighted by atomic mass is 10.1. The molecule has 0 aliphatic heterocycles. The third kappa shape index (κ3) is 3.30. The SMILES string of the molecule is CC(C)Cc1nnc(NC(=O)c2c(O)cccc2F)s1. The molecule has 0 saturated heterocycles. The largest absolute Gasteiger partial charge is 0.507 e. The molecule has 5 nitrogen and oxygen atoms in total. The second-order valence-electron chi connectivity index (χ2n) is 4.69. The minimum absolute atomic E-state index is 0.285. The Morgan fingerprint density at radius 1 is 1.45 bits per heavy atom. The number of nitrogens with zero attached hydrogens (tertiary/aromatic N) is 2. The first-order valence-electron chi connectivity index (χ1n) is 6.08. The van der Waals surface area contributed by atoms with Gasteiger partial charge in [-0.3, -0.25) is 10.1 Å². The van der Waals surface area contributed by atoms with Gasteiger partial charge in [0.2, 0.25) is 5.13 Å². The zero-order valence-electron chi connectivity index (χ0n) is 11.1. The van der Waals surface area contributed by atoms with Crippen molar-refractivity contribution in [2.75, 3.05) is 5.32 Å². The van der Waals surface area contributed by atoms with Gasteiger partial charge in [-0.25, -0.2) is 4.39 Å². The maximum Gasteiger partial charge on any atom is 0.264 e. The molecule has 2 N–H and O–H groups in total. The van der Waals surface area contributed by atoms with Crippen molar-refractivity contribution in [3.05, 3.63) is 34.6 Å². The monoisotopic (exact) mass is 295 g/mol. The second-order valence-corrected chi connectivity index (χ2v) is 5.75. The van der Waals surface area contributed by atoms with Gasteiger partial charge >= 0.3 is 0 Å². The van der Waals surface area contributed by atoms with Gasteiger partial charge in [0.1, 0.15) is 22.1 Å². The van der Waals surface area contributed by atoms with Crippen LogP contribution in [0.4, 0.5) is 9.52 Å². The Morgan fingerprint density at radius 2 is 2.20 bits per heavy atom. The first-order chi connectivity index (χ1) is 9.47. The molecule has 1 aromatic heterocycles. The van der Waals surface area contributed by atoms with Gasteiger partial charge in [0, 0.05) is 6.42 Å². The summed E-state index contributed by atoms with van der Waals surface area (Å²) in [5.74, 6) is -1.50. The maximum atomic E-state index is 13.5. The molecule has 0 saturated carbocycles. The molecule has 7 heteroatoms. The molecular formula is C13H14FN3O2S. The Kier molecular flexibility index (Phi) is 4.29. The van der Waals surface area contributed by atoms with Gasteiger partial charge in [-0.05, 0) is 18.1 Å². The summed E-state index contributed by atoms with van der Waals surface area (Å²) >= 11 is 1.24. The number of carbonyl (C=O) groups is 1. The molecule has 0 unspecified atom stereocenters. The summed E-state index contributed by atoms with van der Waals surface area (Å²) in [5.41, 5.74) is -0.395. The second kappa shape index (κ2) is 5.96. The zero-order valence-corrected chi connectivity index (χ0v) is 11.9. The lowest BCUT2D eigenvalue weighted by Crippen LogP contribution is -2.13.